The molecular formula is C25H23NO6. The van der Waals surface area contributed by atoms with Crippen LogP contribution in [-0.2, 0) is 9.59 Å². The van der Waals surface area contributed by atoms with Gasteiger partial charge in [0, 0.05) is 40.8 Å². The number of nitrogens with zero attached hydrogens (tertiary/aromatic N) is 1. The van der Waals surface area contributed by atoms with Crippen LogP contribution in [0.5, 0.6) is 5.75 Å². The molecule has 164 valence electrons. The molecule has 32 heavy (non-hydrogen) atoms. The predicted octanol–water partition coefficient (Wildman–Crippen LogP) is 3.70. The molecule has 0 fully saturated rings. The Labute approximate surface area is 185 Å². The Morgan fingerprint density at radius 3 is 2.03 bits per heavy atom. The minimum atomic E-state index is -1.26. The van der Waals surface area contributed by atoms with E-state index in [1.54, 1.807) is 0 Å². The summed E-state index contributed by atoms with van der Waals surface area (Å²) in [6.45, 7) is 1.43. The van der Waals surface area contributed by atoms with Crippen molar-refractivity contribution in [1.29, 1.82) is 0 Å². The zero-order valence-electron chi connectivity index (χ0n) is 17.7. The van der Waals surface area contributed by atoms with Crippen LogP contribution in [0, 0.1) is 0 Å². The zero-order valence-corrected chi connectivity index (χ0v) is 17.7. The van der Waals surface area contributed by atoms with E-state index in [0.29, 0.717) is 18.8 Å². The van der Waals surface area contributed by atoms with Gasteiger partial charge < -0.3 is 19.8 Å². The highest BCUT2D eigenvalue weighted by Gasteiger charge is 2.29. The zero-order chi connectivity index (χ0) is 23.3. The first-order chi connectivity index (χ1) is 15.3. The van der Waals surface area contributed by atoms with Gasteiger partial charge in [-0.05, 0) is 31.1 Å². The number of ketones is 1. The molecule has 0 atom stereocenters. The molecule has 4 rings (SSSR count). The lowest BCUT2D eigenvalue weighted by atomic mass is 9.97. The van der Waals surface area contributed by atoms with Crippen molar-refractivity contribution < 1.29 is 29.3 Å². The second-order valence-corrected chi connectivity index (χ2v) is 7.38. The van der Waals surface area contributed by atoms with Gasteiger partial charge in [-0.25, -0.2) is 9.59 Å². The maximum atomic E-state index is 12.8. The molecule has 0 bridgehead atoms. The summed E-state index contributed by atoms with van der Waals surface area (Å²) in [5.74, 6) is -1.64. The third kappa shape index (κ3) is 5.01. The average molecular weight is 433 g/mol. The van der Waals surface area contributed by atoms with Gasteiger partial charge in [-0.1, -0.05) is 48.5 Å². The topological polar surface area (TPSA) is 104 Å². The molecule has 1 aliphatic carbocycles. The van der Waals surface area contributed by atoms with Crippen molar-refractivity contribution in [3.8, 4) is 16.9 Å². The molecule has 0 spiro atoms. The Kier molecular flexibility index (Phi) is 7.02. The summed E-state index contributed by atoms with van der Waals surface area (Å²) in [5, 5.41) is 17.8. The molecule has 0 saturated heterocycles. The van der Waals surface area contributed by atoms with E-state index in [0.717, 1.165) is 45.3 Å². The highest BCUT2D eigenvalue weighted by molar-refractivity contribution is 6.26. The Hall–Kier alpha value is -3.97. The van der Waals surface area contributed by atoms with E-state index in [9.17, 15) is 14.4 Å². The molecule has 0 aliphatic heterocycles. The van der Waals surface area contributed by atoms with Crippen molar-refractivity contribution >= 4 is 28.5 Å². The molecule has 3 aromatic rings. The number of benzene rings is 3. The van der Waals surface area contributed by atoms with Crippen LogP contribution in [0.3, 0.4) is 0 Å². The second kappa shape index (κ2) is 9.89. The van der Waals surface area contributed by atoms with Crippen molar-refractivity contribution in [3.63, 3.8) is 0 Å². The molecular weight excluding hydrogens is 410 g/mol. The van der Waals surface area contributed by atoms with Crippen molar-refractivity contribution in [3.05, 3.63) is 77.9 Å². The molecule has 0 radical (unpaired) electrons. The van der Waals surface area contributed by atoms with E-state index in [2.05, 4.69) is 17.0 Å². The van der Waals surface area contributed by atoms with E-state index in [1.165, 1.54) is 0 Å². The summed E-state index contributed by atoms with van der Waals surface area (Å²) in [6.07, 6.45) is 1.12. The summed E-state index contributed by atoms with van der Waals surface area (Å²) in [7, 11) is 4.04. The van der Waals surface area contributed by atoms with E-state index in [-0.39, 0.29) is 5.78 Å². The molecule has 0 unspecified atom stereocenters. The lowest BCUT2D eigenvalue weighted by Gasteiger charge is -2.15. The molecule has 0 heterocycles. The maximum absolute atomic E-state index is 12.8. The van der Waals surface area contributed by atoms with Gasteiger partial charge in [-0.15, -0.1) is 0 Å². The second-order valence-electron chi connectivity index (χ2n) is 7.38. The molecule has 0 aromatic heterocycles. The Morgan fingerprint density at radius 1 is 0.875 bits per heavy atom. The number of likely N-dealkylation sites (N-methyl/N-ethyl adjacent to an activating group) is 1. The van der Waals surface area contributed by atoms with Gasteiger partial charge in [0.25, 0.3) is 0 Å². The largest absolute Gasteiger partial charge is 0.492 e. The Morgan fingerprint density at radius 2 is 1.44 bits per heavy atom. The van der Waals surface area contributed by atoms with E-state index in [1.807, 2.05) is 56.6 Å². The van der Waals surface area contributed by atoms with Crippen molar-refractivity contribution in [2.75, 3.05) is 27.2 Å². The van der Waals surface area contributed by atoms with E-state index in [4.69, 9.17) is 14.9 Å². The number of carbonyl (C=O) groups excluding carboxylic acids is 1. The van der Waals surface area contributed by atoms with Crippen LogP contribution < -0.4 is 4.74 Å². The number of hydrogen-bond donors (Lipinski definition) is 2. The number of carboxylic acids is 2. The van der Waals surface area contributed by atoms with Crippen molar-refractivity contribution in [1.82, 2.24) is 4.90 Å². The van der Waals surface area contributed by atoms with Gasteiger partial charge in [-0.2, -0.15) is 0 Å². The number of hydrogen-bond acceptors (Lipinski definition) is 5. The number of rotatable bonds is 6. The molecule has 0 saturated carbocycles. The highest BCUT2D eigenvalue weighted by atomic mass is 16.5. The van der Waals surface area contributed by atoms with Gasteiger partial charge in [0.2, 0.25) is 0 Å². The first-order valence-corrected chi connectivity index (χ1v) is 9.91. The number of carboxylic acid groups (broad SMARTS) is 2. The number of aliphatic carboxylic acids is 2. The van der Waals surface area contributed by atoms with E-state index >= 15 is 0 Å². The molecule has 2 N–H and O–H groups in total. The van der Waals surface area contributed by atoms with Gasteiger partial charge in [-0.3, -0.25) is 4.79 Å². The van der Waals surface area contributed by atoms with Crippen LogP contribution in [-0.4, -0.2) is 60.1 Å². The van der Waals surface area contributed by atoms with Crippen molar-refractivity contribution in [2.24, 2.45) is 0 Å². The molecule has 0 amide bonds. The first-order valence-electron chi connectivity index (χ1n) is 9.91. The summed E-state index contributed by atoms with van der Waals surface area (Å²) in [5.41, 5.74) is 3.58. The van der Waals surface area contributed by atoms with Crippen LogP contribution in [0.25, 0.3) is 21.9 Å². The molecule has 1 aliphatic rings. The van der Waals surface area contributed by atoms with Crippen LogP contribution >= 0.6 is 0 Å². The van der Waals surface area contributed by atoms with Crippen LogP contribution in [0.15, 0.2) is 66.7 Å². The van der Waals surface area contributed by atoms with Crippen LogP contribution in [0.4, 0.5) is 0 Å². The van der Waals surface area contributed by atoms with Gasteiger partial charge in [0.05, 0.1) is 0 Å². The number of ether oxygens (including phenoxy) is 1. The van der Waals surface area contributed by atoms with Gasteiger partial charge in [0.1, 0.15) is 12.4 Å². The fraction of sp³-hybridized carbons (Fsp3) is 0.160. The molecule has 7 nitrogen and oxygen atoms in total. The fourth-order valence-corrected chi connectivity index (χ4v) is 3.46. The standard InChI is InChI=1S/C21H19NO2.C4H4O4/c1-22(2)11-12-24-19-13-18-20(15-8-4-3-7-14(15)19)16-9-5-6-10-17(16)21(18)23;5-3(6)1-2-4(7)8/h3-10,13H,11-12H2,1-2H3;1-2H,(H,5,6)(H,7,8). The smallest absolute Gasteiger partial charge is 0.328 e. The quantitative estimate of drug-likeness (QED) is 0.447. The van der Waals surface area contributed by atoms with Crippen molar-refractivity contribution in [2.45, 2.75) is 0 Å². The molecule has 7 heteroatoms. The summed E-state index contributed by atoms with van der Waals surface area (Å²) in [6, 6.07) is 17.9. The predicted molar refractivity (Wildman–Crippen MR) is 121 cm³/mol. The lowest BCUT2D eigenvalue weighted by Crippen LogP contribution is -2.19. The van der Waals surface area contributed by atoms with Crippen LogP contribution in [0.2, 0.25) is 0 Å². The lowest BCUT2D eigenvalue weighted by molar-refractivity contribution is -0.134. The third-order valence-corrected chi connectivity index (χ3v) is 4.86. The SMILES string of the molecule is CN(C)CCOc1cc2c(c3ccccc13)-c1ccccc1C2=O.O=C(O)C=CC(=O)O. The molecule has 3 aromatic carbocycles. The Bertz CT molecular complexity index is 1200. The average Bonchev–Trinajstić information content (AvgIpc) is 3.05. The number of fused-ring (bicyclic) bond motifs is 5. The van der Waals surface area contributed by atoms with Gasteiger partial charge >= 0.3 is 11.9 Å². The number of carbonyl (C=O) groups is 3. The Balaban J connectivity index is 0.000000312. The van der Waals surface area contributed by atoms with E-state index < -0.39 is 11.9 Å². The summed E-state index contributed by atoms with van der Waals surface area (Å²) >= 11 is 0. The minimum Gasteiger partial charge on any atom is -0.492 e. The maximum Gasteiger partial charge on any atom is 0.328 e. The minimum absolute atomic E-state index is 0.0869. The first kappa shape index (κ1) is 22.7. The normalized spacial score (nSPS) is 11.8. The highest BCUT2D eigenvalue weighted by Crippen LogP contribution is 2.44. The van der Waals surface area contributed by atoms with Gasteiger partial charge in [0.15, 0.2) is 5.78 Å². The summed E-state index contributed by atoms with van der Waals surface area (Å²) < 4.78 is 6.01. The fourth-order valence-electron chi connectivity index (χ4n) is 3.46. The van der Waals surface area contributed by atoms with Crippen LogP contribution in [0.1, 0.15) is 15.9 Å². The summed E-state index contributed by atoms with van der Waals surface area (Å²) in [4.78, 5) is 34.0. The third-order valence-electron chi connectivity index (χ3n) is 4.86. The monoisotopic (exact) mass is 433 g/mol.